The van der Waals surface area contributed by atoms with Crippen molar-refractivity contribution in [2.45, 2.75) is 19.0 Å². The number of halogens is 1. The Hall–Kier alpha value is -3.06. The van der Waals surface area contributed by atoms with Crippen molar-refractivity contribution >= 4 is 35.1 Å². The Morgan fingerprint density at radius 3 is 2.71 bits per heavy atom. The second kappa shape index (κ2) is 7.52. The Morgan fingerprint density at radius 2 is 1.96 bits per heavy atom. The highest BCUT2D eigenvalue weighted by Gasteiger charge is 2.32. The number of nitrogens with one attached hydrogen (secondary N) is 3. The Morgan fingerprint density at radius 1 is 1.14 bits per heavy atom. The highest BCUT2D eigenvalue weighted by molar-refractivity contribution is 6.34. The number of hydrogen-bond acceptors (Lipinski definition) is 3. The van der Waals surface area contributed by atoms with Gasteiger partial charge in [0.15, 0.2) is 0 Å². The van der Waals surface area contributed by atoms with Crippen molar-refractivity contribution in [1.82, 2.24) is 15.5 Å². The molecule has 1 fully saturated rings. The number of carbonyl (C=O) groups is 3. The van der Waals surface area contributed by atoms with Gasteiger partial charge in [0.1, 0.15) is 6.04 Å². The third kappa shape index (κ3) is 3.66. The van der Waals surface area contributed by atoms with Gasteiger partial charge in [-0.15, -0.1) is 0 Å². The molecular formula is C20H19ClN4O3. The van der Waals surface area contributed by atoms with Crippen molar-refractivity contribution in [2.24, 2.45) is 0 Å². The third-order valence-electron chi connectivity index (χ3n) is 4.98. The predicted molar refractivity (Wildman–Crippen MR) is 105 cm³/mol. The van der Waals surface area contributed by atoms with E-state index in [-0.39, 0.29) is 17.8 Å². The van der Waals surface area contributed by atoms with Gasteiger partial charge in [0.05, 0.1) is 10.6 Å². The van der Waals surface area contributed by atoms with E-state index in [4.69, 9.17) is 11.6 Å². The fourth-order valence-electron chi connectivity index (χ4n) is 3.49. The largest absolute Gasteiger partial charge is 0.336 e. The Bertz CT molecular complexity index is 962. The van der Waals surface area contributed by atoms with Crippen LogP contribution in [0, 0.1) is 0 Å². The predicted octanol–water partition coefficient (Wildman–Crippen LogP) is 2.16. The lowest BCUT2D eigenvalue weighted by molar-refractivity contribution is -0.133. The molecule has 0 radical (unpaired) electrons. The molecule has 0 bridgehead atoms. The van der Waals surface area contributed by atoms with E-state index in [1.807, 2.05) is 18.2 Å². The van der Waals surface area contributed by atoms with Crippen LogP contribution in [-0.2, 0) is 17.8 Å². The molecule has 0 aliphatic carbocycles. The van der Waals surface area contributed by atoms with Crippen molar-refractivity contribution in [3.63, 3.8) is 0 Å². The van der Waals surface area contributed by atoms with Crippen molar-refractivity contribution in [3.8, 4) is 0 Å². The van der Waals surface area contributed by atoms with Gasteiger partial charge in [-0.3, -0.25) is 9.59 Å². The third-order valence-corrected chi connectivity index (χ3v) is 5.31. The summed E-state index contributed by atoms with van der Waals surface area (Å²) in [4.78, 5) is 38.1. The van der Waals surface area contributed by atoms with E-state index in [0.29, 0.717) is 35.9 Å². The molecule has 2 aliphatic heterocycles. The quantitative estimate of drug-likeness (QED) is 0.740. The summed E-state index contributed by atoms with van der Waals surface area (Å²) >= 11 is 6.09. The summed E-state index contributed by atoms with van der Waals surface area (Å²) in [5, 5.41) is 8.48. The van der Waals surface area contributed by atoms with Crippen LogP contribution in [0.1, 0.15) is 21.5 Å². The highest BCUT2D eigenvalue weighted by Crippen LogP contribution is 2.24. The maximum absolute atomic E-state index is 12.6. The summed E-state index contributed by atoms with van der Waals surface area (Å²) in [6, 6.07) is 11.7. The average Bonchev–Trinajstić information content (AvgIpc) is 3.13. The lowest BCUT2D eigenvalue weighted by Crippen LogP contribution is -2.47. The zero-order chi connectivity index (χ0) is 19.7. The van der Waals surface area contributed by atoms with Crippen LogP contribution in [0.2, 0.25) is 5.02 Å². The molecule has 1 atom stereocenters. The number of nitrogens with zero attached hydrogens (tertiary/aromatic N) is 1. The molecule has 2 heterocycles. The van der Waals surface area contributed by atoms with Gasteiger partial charge in [-0.2, -0.15) is 0 Å². The van der Waals surface area contributed by atoms with Gasteiger partial charge in [-0.1, -0.05) is 29.8 Å². The Balaban J connectivity index is 1.48. The Kier molecular flexibility index (Phi) is 4.92. The van der Waals surface area contributed by atoms with Gasteiger partial charge in [-0.25, -0.2) is 4.79 Å². The number of benzene rings is 2. The van der Waals surface area contributed by atoms with E-state index >= 15 is 0 Å². The molecule has 2 aromatic rings. The molecule has 0 aromatic heterocycles. The highest BCUT2D eigenvalue weighted by atomic mass is 35.5. The molecule has 144 valence electrons. The van der Waals surface area contributed by atoms with Gasteiger partial charge < -0.3 is 20.9 Å². The summed E-state index contributed by atoms with van der Waals surface area (Å²) in [7, 11) is 0. The van der Waals surface area contributed by atoms with Gasteiger partial charge in [0.2, 0.25) is 5.91 Å². The lowest BCUT2D eigenvalue weighted by Gasteiger charge is -2.30. The molecule has 4 rings (SSSR count). The van der Waals surface area contributed by atoms with Crippen LogP contribution in [0.15, 0.2) is 42.5 Å². The van der Waals surface area contributed by atoms with Gasteiger partial charge >= 0.3 is 6.03 Å². The minimum Gasteiger partial charge on any atom is -0.336 e. The first-order chi connectivity index (χ1) is 13.5. The number of anilines is 1. The fraction of sp³-hybridized carbons (Fsp3) is 0.250. The Labute approximate surface area is 167 Å². The molecule has 1 saturated heterocycles. The molecule has 28 heavy (non-hydrogen) atoms. The average molecular weight is 399 g/mol. The van der Waals surface area contributed by atoms with Crippen LogP contribution in [0.3, 0.4) is 0 Å². The van der Waals surface area contributed by atoms with E-state index in [0.717, 1.165) is 17.5 Å². The molecule has 7 nitrogen and oxygen atoms in total. The molecular weight excluding hydrogens is 380 g/mol. The SMILES string of the molecule is O=C1NC[C@H](C(=O)N2CCc3ccc(NC(=O)c4ccccc4Cl)cc3C2)N1. The lowest BCUT2D eigenvalue weighted by atomic mass is 9.98. The first kappa shape index (κ1) is 18.3. The number of rotatable bonds is 3. The van der Waals surface area contributed by atoms with Crippen molar-refractivity contribution < 1.29 is 14.4 Å². The first-order valence-electron chi connectivity index (χ1n) is 9.02. The number of urea groups is 1. The zero-order valence-corrected chi connectivity index (χ0v) is 15.8. The standard InChI is InChI=1S/C20H19ClN4O3/c21-16-4-2-1-3-15(16)18(26)23-14-6-5-12-7-8-25(11-13(12)9-14)19(27)17-10-22-20(28)24-17/h1-6,9,17H,7-8,10-11H2,(H,23,26)(H2,22,24,28)/t17-/m1/s1. The molecule has 0 saturated carbocycles. The normalized spacial score (nSPS) is 18.1. The van der Waals surface area contributed by atoms with E-state index in [1.165, 1.54) is 0 Å². The van der Waals surface area contributed by atoms with Crippen LogP contribution in [0.5, 0.6) is 0 Å². The maximum Gasteiger partial charge on any atom is 0.315 e. The van der Waals surface area contributed by atoms with E-state index in [2.05, 4.69) is 16.0 Å². The second-order valence-electron chi connectivity index (χ2n) is 6.83. The van der Waals surface area contributed by atoms with E-state index in [1.54, 1.807) is 29.2 Å². The summed E-state index contributed by atoms with van der Waals surface area (Å²) in [5.41, 5.74) is 3.18. The summed E-state index contributed by atoms with van der Waals surface area (Å²) in [5.74, 6) is -0.386. The molecule has 8 heteroatoms. The molecule has 2 aromatic carbocycles. The molecule has 2 aliphatic rings. The maximum atomic E-state index is 12.6. The van der Waals surface area contributed by atoms with Crippen molar-refractivity contribution in [2.75, 3.05) is 18.4 Å². The smallest absolute Gasteiger partial charge is 0.315 e. The van der Waals surface area contributed by atoms with Gasteiger partial charge in [-0.05, 0) is 41.8 Å². The van der Waals surface area contributed by atoms with Crippen LogP contribution < -0.4 is 16.0 Å². The monoisotopic (exact) mass is 398 g/mol. The number of hydrogen-bond donors (Lipinski definition) is 3. The molecule has 4 amide bonds. The van der Waals surface area contributed by atoms with Crippen LogP contribution in [0.25, 0.3) is 0 Å². The first-order valence-corrected chi connectivity index (χ1v) is 9.40. The summed E-state index contributed by atoms with van der Waals surface area (Å²) in [6.07, 6.45) is 0.730. The minimum absolute atomic E-state index is 0.102. The van der Waals surface area contributed by atoms with Crippen LogP contribution in [0.4, 0.5) is 10.5 Å². The van der Waals surface area contributed by atoms with Gasteiger partial charge in [0, 0.05) is 25.3 Å². The number of amides is 4. The summed E-state index contributed by atoms with van der Waals surface area (Å²) < 4.78 is 0. The molecule has 0 spiro atoms. The van der Waals surface area contributed by atoms with Crippen molar-refractivity contribution in [1.29, 1.82) is 0 Å². The topological polar surface area (TPSA) is 90.5 Å². The van der Waals surface area contributed by atoms with Crippen molar-refractivity contribution in [3.05, 3.63) is 64.2 Å². The second-order valence-corrected chi connectivity index (χ2v) is 7.24. The number of carbonyl (C=O) groups excluding carboxylic acids is 3. The fourth-order valence-corrected chi connectivity index (χ4v) is 3.71. The zero-order valence-electron chi connectivity index (χ0n) is 15.0. The van der Waals surface area contributed by atoms with Gasteiger partial charge in [0.25, 0.3) is 5.91 Å². The van der Waals surface area contributed by atoms with E-state index < -0.39 is 6.04 Å². The summed E-state index contributed by atoms with van der Waals surface area (Å²) in [6.45, 7) is 1.34. The number of fused-ring (bicyclic) bond motifs is 1. The van der Waals surface area contributed by atoms with E-state index in [9.17, 15) is 14.4 Å². The molecule has 3 N–H and O–H groups in total. The van der Waals surface area contributed by atoms with Crippen LogP contribution >= 0.6 is 11.6 Å². The minimum atomic E-state index is -0.530. The molecule has 0 unspecified atom stereocenters. The van der Waals surface area contributed by atoms with Crippen LogP contribution in [-0.4, -0.2) is 41.9 Å².